The van der Waals surface area contributed by atoms with E-state index >= 15 is 0 Å². The van der Waals surface area contributed by atoms with E-state index in [1.165, 1.54) is 35.0 Å². The van der Waals surface area contributed by atoms with Gasteiger partial charge in [0, 0.05) is 28.8 Å². The number of benzene rings is 1. The summed E-state index contributed by atoms with van der Waals surface area (Å²) in [6.07, 6.45) is 3.86. The van der Waals surface area contributed by atoms with Crippen molar-refractivity contribution in [3.63, 3.8) is 0 Å². The summed E-state index contributed by atoms with van der Waals surface area (Å²) in [6, 6.07) is 7.91. The van der Waals surface area contributed by atoms with Gasteiger partial charge in [0.1, 0.15) is 0 Å². The Morgan fingerprint density at radius 2 is 2.00 bits per heavy atom. The molecule has 0 heterocycles. The maximum Gasteiger partial charge on any atom is 0.0428 e. The normalized spacial score (nSPS) is 16.3. The monoisotopic (exact) mass is 352 g/mol. The summed E-state index contributed by atoms with van der Waals surface area (Å²) in [6.45, 7) is 11.3. The Bertz CT molecular complexity index is 455. The lowest BCUT2D eigenvalue weighted by Crippen LogP contribution is -2.32. The summed E-state index contributed by atoms with van der Waals surface area (Å²) >= 11 is 3.66. The zero-order valence-electron chi connectivity index (χ0n) is 13.8. The van der Waals surface area contributed by atoms with Crippen LogP contribution < -0.4 is 10.2 Å². The van der Waals surface area contributed by atoms with E-state index in [9.17, 15) is 0 Å². The Labute approximate surface area is 138 Å². The summed E-state index contributed by atoms with van der Waals surface area (Å²) in [4.78, 5) is 2.63. The third kappa shape index (κ3) is 4.72. The third-order valence-corrected chi connectivity index (χ3v) is 4.51. The van der Waals surface area contributed by atoms with Crippen LogP contribution in [0.5, 0.6) is 0 Å². The van der Waals surface area contributed by atoms with Crippen LogP contribution in [-0.4, -0.2) is 19.1 Å². The average molecular weight is 353 g/mol. The van der Waals surface area contributed by atoms with E-state index in [-0.39, 0.29) is 0 Å². The van der Waals surface area contributed by atoms with E-state index in [1.807, 2.05) is 0 Å². The molecule has 0 bridgehead atoms. The van der Waals surface area contributed by atoms with Gasteiger partial charge < -0.3 is 10.2 Å². The summed E-state index contributed by atoms with van der Waals surface area (Å²) in [5.41, 5.74) is 2.84. The minimum absolute atomic E-state index is 0.404. The van der Waals surface area contributed by atoms with Crippen molar-refractivity contribution in [3.8, 4) is 0 Å². The Kier molecular flexibility index (Phi) is 6.12. The van der Waals surface area contributed by atoms with Crippen LogP contribution in [0.2, 0.25) is 0 Å². The lowest BCUT2D eigenvalue weighted by Gasteiger charge is -2.31. The standard InChI is InChI=1S/C18H29BrN2/c1-5-10-20-14(4)17-9-6-15(19)11-18(17)21(12-13(2)3)16-7-8-16/h6,9,11,13-14,16,20H,5,7-8,10,12H2,1-4H3. The minimum atomic E-state index is 0.404. The SMILES string of the molecule is CCCNC(C)c1ccc(Br)cc1N(CC(C)C)C1CC1. The zero-order valence-corrected chi connectivity index (χ0v) is 15.4. The molecule has 0 radical (unpaired) electrons. The minimum Gasteiger partial charge on any atom is -0.368 e. The van der Waals surface area contributed by atoms with Crippen LogP contribution in [0.1, 0.15) is 58.6 Å². The van der Waals surface area contributed by atoms with Gasteiger partial charge in [-0.1, -0.05) is 42.8 Å². The topological polar surface area (TPSA) is 15.3 Å². The Hall–Kier alpha value is -0.540. The van der Waals surface area contributed by atoms with Gasteiger partial charge in [-0.25, -0.2) is 0 Å². The number of halogens is 1. The third-order valence-electron chi connectivity index (χ3n) is 4.02. The van der Waals surface area contributed by atoms with Gasteiger partial charge in [0.05, 0.1) is 0 Å². The molecule has 3 heteroatoms. The molecule has 1 aromatic rings. The van der Waals surface area contributed by atoms with Crippen molar-refractivity contribution in [2.75, 3.05) is 18.0 Å². The fourth-order valence-corrected chi connectivity index (χ4v) is 3.18. The Morgan fingerprint density at radius 1 is 1.29 bits per heavy atom. The summed E-state index contributed by atoms with van der Waals surface area (Å²) in [5.74, 6) is 0.691. The number of rotatable bonds is 8. The predicted molar refractivity (Wildman–Crippen MR) is 96.1 cm³/mol. The maximum atomic E-state index is 3.66. The molecule has 1 aromatic carbocycles. The van der Waals surface area contributed by atoms with Crippen LogP contribution in [-0.2, 0) is 0 Å². The molecule has 1 aliphatic rings. The maximum absolute atomic E-state index is 3.66. The molecular weight excluding hydrogens is 324 g/mol. The van der Waals surface area contributed by atoms with Gasteiger partial charge in [-0.05, 0) is 56.3 Å². The smallest absolute Gasteiger partial charge is 0.0428 e. The molecule has 1 aliphatic carbocycles. The van der Waals surface area contributed by atoms with Gasteiger partial charge >= 0.3 is 0 Å². The number of nitrogens with zero attached hydrogens (tertiary/aromatic N) is 1. The first-order valence-electron chi connectivity index (χ1n) is 8.32. The second-order valence-electron chi connectivity index (χ2n) is 6.66. The van der Waals surface area contributed by atoms with Crippen LogP contribution in [0, 0.1) is 5.92 Å². The highest BCUT2D eigenvalue weighted by atomic mass is 79.9. The molecule has 0 spiro atoms. The number of anilines is 1. The zero-order chi connectivity index (χ0) is 15.4. The quantitative estimate of drug-likeness (QED) is 0.697. The van der Waals surface area contributed by atoms with E-state index in [0.29, 0.717) is 12.0 Å². The summed E-state index contributed by atoms with van der Waals surface area (Å²) < 4.78 is 1.18. The Morgan fingerprint density at radius 3 is 2.57 bits per heavy atom. The van der Waals surface area contributed by atoms with Crippen LogP contribution in [0.4, 0.5) is 5.69 Å². The van der Waals surface area contributed by atoms with E-state index in [2.05, 4.69) is 72.0 Å². The molecule has 0 amide bonds. The molecule has 21 heavy (non-hydrogen) atoms. The van der Waals surface area contributed by atoms with Gasteiger partial charge in [-0.3, -0.25) is 0 Å². The fraction of sp³-hybridized carbons (Fsp3) is 0.667. The van der Waals surface area contributed by atoms with Crippen LogP contribution in [0.25, 0.3) is 0 Å². The van der Waals surface area contributed by atoms with Crippen molar-refractivity contribution in [2.24, 2.45) is 5.92 Å². The van der Waals surface area contributed by atoms with E-state index < -0.39 is 0 Å². The molecule has 2 nitrogen and oxygen atoms in total. The highest BCUT2D eigenvalue weighted by Gasteiger charge is 2.31. The molecule has 1 fully saturated rings. The highest BCUT2D eigenvalue weighted by Crippen LogP contribution is 2.37. The van der Waals surface area contributed by atoms with Crippen molar-refractivity contribution in [1.29, 1.82) is 0 Å². The van der Waals surface area contributed by atoms with Crippen LogP contribution in [0.15, 0.2) is 22.7 Å². The second-order valence-corrected chi connectivity index (χ2v) is 7.57. The van der Waals surface area contributed by atoms with Crippen molar-refractivity contribution in [1.82, 2.24) is 5.32 Å². The fourth-order valence-electron chi connectivity index (χ4n) is 2.83. The first-order valence-corrected chi connectivity index (χ1v) is 9.11. The van der Waals surface area contributed by atoms with E-state index in [0.717, 1.165) is 19.1 Å². The predicted octanol–water partition coefficient (Wildman–Crippen LogP) is 5.13. The van der Waals surface area contributed by atoms with E-state index in [4.69, 9.17) is 0 Å². The van der Waals surface area contributed by atoms with Crippen LogP contribution >= 0.6 is 15.9 Å². The van der Waals surface area contributed by atoms with E-state index in [1.54, 1.807) is 0 Å². The first kappa shape index (κ1) is 16.8. The summed E-state index contributed by atoms with van der Waals surface area (Å²) in [7, 11) is 0. The molecule has 1 N–H and O–H groups in total. The lowest BCUT2D eigenvalue weighted by molar-refractivity contribution is 0.562. The highest BCUT2D eigenvalue weighted by molar-refractivity contribution is 9.10. The van der Waals surface area contributed by atoms with Gasteiger partial charge in [0.25, 0.3) is 0 Å². The number of hydrogen-bond acceptors (Lipinski definition) is 2. The van der Waals surface area contributed by atoms with Crippen LogP contribution in [0.3, 0.4) is 0 Å². The van der Waals surface area contributed by atoms with Gasteiger partial charge in [-0.15, -0.1) is 0 Å². The molecule has 0 aromatic heterocycles. The van der Waals surface area contributed by atoms with Gasteiger partial charge in [0.15, 0.2) is 0 Å². The first-order chi connectivity index (χ1) is 10.0. The molecule has 0 saturated heterocycles. The number of nitrogens with one attached hydrogen (secondary N) is 1. The molecule has 0 aliphatic heterocycles. The average Bonchev–Trinajstić information content (AvgIpc) is 3.26. The molecule has 118 valence electrons. The molecule has 1 unspecified atom stereocenters. The molecular formula is C18H29BrN2. The van der Waals surface area contributed by atoms with Crippen molar-refractivity contribution in [2.45, 2.75) is 59.0 Å². The van der Waals surface area contributed by atoms with Crippen molar-refractivity contribution < 1.29 is 0 Å². The molecule has 2 rings (SSSR count). The largest absolute Gasteiger partial charge is 0.368 e. The number of hydrogen-bond donors (Lipinski definition) is 1. The second kappa shape index (κ2) is 7.64. The molecule has 1 atom stereocenters. The lowest BCUT2D eigenvalue weighted by atomic mass is 10.0. The van der Waals surface area contributed by atoms with Crippen molar-refractivity contribution in [3.05, 3.63) is 28.2 Å². The van der Waals surface area contributed by atoms with Crippen molar-refractivity contribution >= 4 is 21.6 Å². The summed E-state index contributed by atoms with van der Waals surface area (Å²) in [5, 5.41) is 3.63. The van der Waals surface area contributed by atoms with Gasteiger partial charge in [0.2, 0.25) is 0 Å². The van der Waals surface area contributed by atoms with Gasteiger partial charge in [-0.2, -0.15) is 0 Å². The Balaban J connectivity index is 2.28. The molecule has 1 saturated carbocycles.